The van der Waals surface area contributed by atoms with E-state index in [0.717, 1.165) is 20.2 Å². The van der Waals surface area contributed by atoms with Crippen LogP contribution in [0.3, 0.4) is 0 Å². The molecule has 0 radical (unpaired) electrons. The van der Waals surface area contributed by atoms with E-state index in [1.165, 1.54) is 5.56 Å². The minimum atomic E-state index is 0.194. The number of hydrogen-bond donors (Lipinski definition) is 1. The number of rotatable bonds is 4. The first-order valence-corrected chi connectivity index (χ1v) is 7.86. The van der Waals surface area contributed by atoms with Crippen molar-refractivity contribution in [2.24, 2.45) is 0 Å². The molecule has 0 fully saturated rings. The van der Waals surface area contributed by atoms with Crippen LogP contribution in [0.5, 0.6) is 0 Å². The molecule has 0 aromatic heterocycles. The Morgan fingerprint density at radius 3 is 2.45 bits per heavy atom. The first-order valence-electron chi connectivity index (χ1n) is 6.27. The lowest BCUT2D eigenvalue weighted by molar-refractivity contribution is 0.878. The molecule has 0 bridgehead atoms. The zero-order valence-electron chi connectivity index (χ0n) is 11.0. The normalized spacial score (nSPS) is 11.7. The second-order valence-corrected chi connectivity index (χ2v) is 6.33. The van der Waals surface area contributed by atoms with Crippen LogP contribution in [0.4, 0.5) is 5.69 Å². The van der Waals surface area contributed by atoms with Gasteiger partial charge in [0, 0.05) is 20.7 Å². The van der Waals surface area contributed by atoms with Crippen LogP contribution in [0, 0.1) is 11.3 Å². The third kappa shape index (κ3) is 3.84. The quantitative estimate of drug-likeness (QED) is 0.749. The standard InChI is InChI=1S/C16H14Br2N2/c1-11(15-7-4-13(17)10-16(15)18)20-14-5-2-12(3-6-14)8-9-19/h2-7,10-11,20H,8H2,1H3. The lowest BCUT2D eigenvalue weighted by Crippen LogP contribution is -2.07. The Bertz CT molecular complexity index is 630. The molecule has 0 saturated carbocycles. The van der Waals surface area contributed by atoms with E-state index in [2.05, 4.69) is 56.2 Å². The average molecular weight is 394 g/mol. The summed E-state index contributed by atoms with van der Waals surface area (Å²) in [5.74, 6) is 0. The number of anilines is 1. The van der Waals surface area contributed by atoms with Crippen molar-refractivity contribution in [3.05, 3.63) is 62.5 Å². The molecular formula is C16H14Br2N2. The fourth-order valence-electron chi connectivity index (χ4n) is 1.99. The second kappa shape index (κ2) is 6.92. The molecule has 1 atom stereocenters. The molecule has 2 aromatic rings. The zero-order valence-corrected chi connectivity index (χ0v) is 14.2. The van der Waals surface area contributed by atoms with Crippen molar-refractivity contribution in [2.75, 3.05) is 5.32 Å². The molecule has 1 unspecified atom stereocenters. The van der Waals surface area contributed by atoms with E-state index < -0.39 is 0 Å². The molecule has 0 heterocycles. The highest BCUT2D eigenvalue weighted by Crippen LogP contribution is 2.29. The Hall–Kier alpha value is -1.31. The number of nitrogens with zero attached hydrogens (tertiary/aromatic N) is 1. The smallest absolute Gasteiger partial charge is 0.0669 e. The van der Waals surface area contributed by atoms with Gasteiger partial charge in [-0.2, -0.15) is 5.26 Å². The largest absolute Gasteiger partial charge is 0.378 e. The summed E-state index contributed by atoms with van der Waals surface area (Å²) < 4.78 is 2.13. The van der Waals surface area contributed by atoms with Crippen LogP contribution in [0.2, 0.25) is 0 Å². The van der Waals surface area contributed by atoms with E-state index in [0.29, 0.717) is 6.42 Å². The van der Waals surface area contributed by atoms with Crippen LogP contribution in [0.15, 0.2) is 51.4 Å². The molecule has 0 aliphatic rings. The highest BCUT2D eigenvalue weighted by Gasteiger charge is 2.09. The van der Waals surface area contributed by atoms with Gasteiger partial charge in [0.25, 0.3) is 0 Å². The zero-order chi connectivity index (χ0) is 14.5. The van der Waals surface area contributed by atoms with Gasteiger partial charge in [0.05, 0.1) is 12.5 Å². The summed E-state index contributed by atoms with van der Waals surface area (Å²) in [4.78, 5) is 0. The molecule has 1 N–H and O–H groups in total. The van der Waals surface area contributed by atoms with Crippen LogP contribution < -0.4 is 5.32 Å². The molecule has 2 nitrogen and oxygen atoms in total. The van der Waals surface area contributed by atoms with E-state index in [1.807, 2.05) is 36.4 Å². The van der Waals surface area contributed by atoms with E-state index in [9.17, 15) is 0 Å². The lowest BCUT2D eigenvalue weighted by Gasteiger charge is -2.17. The van der Waals surface area contributed by atoms with Gasteiger partial charge in [-0.3, -0.25) is 0 Å². The predicted molar refractivity (Wildman–Crippen MR) is 89.6 cm³/mol. The van der Waals surface area contributed by atoms with Gasteiger partial charge < -0.3 is 5.32 Å². The van der Waals surface area contributed by atoms with Crippen LogP contribution in [-0.2, 0) is 6.42 Å². The van der Waals surface area contributed by atoms with Gasteiger partial charge in [-0.15, -0.1) is 0 Å². The van der Waals surface area contributed by atoms with Gasteiger partial charge >= 0.3 is 0 Å². The summed E-state index contributed by atoms with van der Waals surface area (Å²) in [7, 11) is 0. The second-order valence-electron chi connectivity index (χ2n) is 4.56. The van der Waals surface area contributed by atoms with E-state index in [1.54, 1.807) is 0 Å². The summed E-state index contributed by atoms with van der Waals surface area (Å²) in [5, 5.41) is 12.1. The van der Waals surface area contributed by atoms with Gasteiger partial charge in [0.1, 0.15) is 0 Å². The number of nitrogens with one attached hydrogen (secondary N) is 1. The molecule has 4 heteroatoms. The number of nitriles is 1. The van der Waals surface area contributed by atoms with Crippen molar-refractivity contribution < 1.29 is 0 Å². The van der Waals surface area contributed by atoms with Crippen molar-refractivity contribution in [3.63, 3.8) is 0 Å². The lowest BCUT2D eigenvalue weighted by atomic mass is 10.1. The number of halogens is 2. The minimum Gasteiger partial charge on any atom is -0.378 e. The van der Waals surface area contributed by atoms with Crippen molar-refractivity contribution in [1.29, 1.82) is 5.26 Å². The molecule has 2 aromatic carbocycles. The van der Waals surface area contributed by atoms with Crippen LogP contribution in [0.25, 0.3) is 0 Å². The van der Waals surface area contributed by atoms with Crippen molar-refractivity contribution in [3.8, 4) is 6.07 Å². The highest BCUT2D eigenvalue weighted by atomic mass is 79.9. The Morgan fingerprint density at radius 2 is 1.85 bits per heavy atom. The number of hydrogen-bond acceptors (Lipinski definition) is 2. The van der Waals surface area contributed by atoms with Crippen molar-refractivity contribution in [1.82, 2.24) is 0 Å². The van der Waals surface area contributed by atoms with E-state index in [-0.39, 0.29) is 6.04 Å². The summed E-state index contributed by atoms with van der Waals surface area (Å²) in [5.41, 5.74) is 3.29. The highest BCUT2D eigenvalue weighted by molar-refractivity contribution is 9.11. The first kappa shape index (κ1) is 15.1. The van der Waals surface area contributed by atoms with Gasteiger partial charge in [-0.1, -0.05) is 50.1 Å². The fraction of sp³-hybridized carbons (Fsp3) is 0.188. The average Bonchev–Trinajstić information content (AvgIpc) is 2.41. The van der Waals surface area contributed by atoms with E-state index >= 15 is 0 Å². The fourth-order valence-corrected chi connectivity index (χ4v) is 3.38. The summed E-state index contributed by atoms with van der Waals surface area (Å²) >= 11 is 7.05. The topological polar surface area (TPSA) is 35.8 Å². The molecule has 2 rings (SSSR count). The van der Waals surface area contributed by atoms with E-state index in [4.69, 9.17) is 5.26 Å². The molecule has 102 valence electrons. The molecule has 0 amide bonds. The Labute approximate surface area is 136 Å². The predicted octanol–water partition coefficient (Wildman–Crippen LogP) is 5.45. The Morgan fingerprint density at radius 1 is 1.15 bits per heavy atom. The summed E-state index contributed by atoms with van der Waals surface area (Å²) in [6, 6.07) is 16.5. The summed E-state index contributed by atoms with van der Waals surface area (Å²) in [6.45, 7) is 2.12. The van der Waals surface area contributed by atoms with Crippen molar-refractivity contribution in [2.45, 2.75) is 19.4 Å². The SMILES string of the molecule is CC(Nc1ccc(CC#N)cc1)c1ccc(Br)cc1Br. The molecule has 20 heavy (non-hydrogen) atoms. The van der Waals surface area contributed by atoms with Crippen LogP contribution >= 0.6 is 31.9 Å². The maximum Gasteiger partial charge on any atom is 0.0669 e. The maximum atomic E-state index is 8.66. The Kier molecular flexibility index (Phi) is 5.22. The number of benzene rings is 2. The molecule has 0 saturated heterocycles. The first-order chi connectivity index (χ1) is 9.60. The summed E-state index contributed by atoms with van der Waals surface area (Å²) in [6.07, 6.45) is 0.452. The maximum absolute atomic E-state index is 8.66. The van der Waals surface area contributed by atoms with Gasteiger partial charge in [-0.05, 0) is 42.3 Å². The minimum absolute atomic E-state index is 0.194. The molecular weight excluding hydrogens is 380 g/mol. The van der Waals surface area contributed by atoms with Gasteiger partial charge in [0.15, 0.2) is 0 Å². The monoisotopic (exact) mass is 392 g/mol. The van der Waals surface area contributed by atoms with Crippen LogP contribution in [0.1, 0.15) is 24.1 Å². The molecule has 0 aliphatic carbocycles. The van der Waals surface area contributed by atoms with Crippen molar-refractivity contribution >= 4 is 37.5 Å². The molecule has 0 aliphatic heterocycles. The van der Waals surface area contributed by atoms with Crippen LogP contribution in [-0.4, -0.2) is 0 Å². The van der Waals surface area contributed by atoms with Gasteiger partial charge in [0.2, 0.25) is 0 Å². The third-order valence-corrected chi connectivity index (χ3v) is 4.23. The van der Waals surface area contributed by atoms with Gasteiger partial charge in [-0.25, -0.2) is 0 Å². The third-order valence-electron chi connectivity index (χ3n) is 3.05. The Balaban J connectivity index is 2.11. The molecule has 0 spiro atoms.